The first-order chi connectivity index (χ1) is 15.0. The van der Waals surface area contributed by atoms with Crippen LogP contribution in [-0.4, -0.2) is 25.7 Å². The van der Waals surface area contributed by atoms with Gasteiger partial charge in [-0.3, -0.25) is 9.59 Å². The third kappa shape index (κ3) is 3.96. The number of benzene rings is 2. The van der Waals surface area contributed by atoms with Crippen LogP contribution in [0, 0.1) is 0 Å². The van der Waals surface area contributed by atoms with Gasteiger partial charge in [0.05, 0.1) is 16.3 Å². The van der Waals surface area contributed by atoms with Gasteiger partial charge in [-0.2, -0.15) is 5.10 Å². The number of para-hydroxylation sites is 1. The van der Waals surface area contributed by atoms with Crippen molar-refractivity contribution >= 4 is 27.6 Å². The summed E-state index contributed by atoms with van der Waals surface area (Å²) in [7, 11) is 0. The summed E-state index contributed by atoms with van der Waals surface area (Å²) in [5.74, 6) is -0.453. The van der Waals surface area contributed by atoms with E-state index in [0.29, 0.717) is 28.2 Å². The molecule has 4 rings (SSSR count). The summed E-state index contributed by atoms with van der Waals surface area (Å²) in [6, 6.07) is 13.8. The Morgan fingerprint density at radius 3 is 2.48 bits per heavy atom. The Morgan fingerprint density at radius 2 is 1.74 bits per heavy atom. The molecule has 8 heteroatoms. The van der Waals surface area contributed by atoms with Gasteiger partial charge in [0.25, 0.3) is 11.1 Å². The number of hydrogen-bond donors (Lipinski definition) is 1. The van der Waals surface area contributed by atoms with Crippen LogP contribution in [0.2, 0.25) is 0 Å². The Kier molecular flexibility index (Phi) is 5.62. The molecule has 158 valence electrons. The van der Waals surface area contributed by atoms with Gasteiger partial charge in [-0.1, -0.05) is 43.7 Å². The van der Waals surface area contributed by atoms with Crippen LogP contribution in [0.5, 0.6) is 0 Å². The molecule has 0 aliphatic rings. The molecule has 0 saturated carbocycles. The van der Waals surface area contributed by atoms with Gasteiger partial charge in [0, 0.05) is 11.9 Å². The average molecular weight is 418 g/mol. The zero-order valence-corrected chi connectivity index (χ0v) is 17.3. The molecule has 0 unspecified atom stereocenters. The van der Waals surface area contributed by atoms with Gasteiger partial charge in [-0.15, -0.1) is 0 Å². The van der Waals surface area contributed by atoms with E-state index in [1.54, 1.807) is 55.5 Å². The number of fused-ring (bicyclic) bond motifs is 2. The summed E-state index contributed by atoms with van der Waals surface area (Å²) in [5.41, 5.74) is 0.0245. The first-order valence-electron chi connectivity index (χ1n) is 10.2. The monoisotopic (exact) mass is 418 g/mol. The second-order valence-corrected chi connectivity index (χ2v) is 7.29. The van der Waals surface area contributed by atoms with E-state index in [1.165, 1.54) is 4.68 Å². The SMILES string of the molecule is CCCCn1nc(C(=O)O[C@H](C)c2nc3ccccc3c(=O)[nH]2)c2ccccc2c1=O. The molecule has 0 radical (unpaired) electrons. The molecule has 1 N–H and O–H groups in total. The van der Waals surface area contributed by atoms with Crippen LogP contribution in [0.1, 0.15) is 49.1 Å². The molecule has 2 aromatic carbocycles. The second-order valence-electron chi connectivity index (χ2n) is 7.29. The molecule has 2 aromatic heterocycles. The number of H-pyrrole nitrogens is 1. The Labute approximate surface area is 177 Å². The number of ether oxygens (including phenoxy) is 1. The highest BCUT2D eigenvalue weighted by Crippen LogP contribution is 2.19. The fraction of sp³-hybridized carbons (Fsp3) is 0.261. The van der Waals surface area contributed by atoms with Gasteiger partial charge in [0.2, 0.25) is 0 Å². The molecule has 0 amide bonds. The van der Waals surface area contributed by atoms with Gasteiger partial charge in [-0.25, -0.2) is 14.5 Å². The average Bonchev–Trinajstić information content (AvgIpc) is 2.78. The fourth-order valence-electron chi connectivity index (χ4n) is 3.41. The highest BCUT2D eigenvalue weighted by Gasteiger charge is 2.22. The zero-order valence-electron chi connectivity index (χ0n) is 17.3. The lowest BCUT2D eigenvalue weighted by molar-refractivity contribution is 0.0312. The van der Waals surface area contributed by atoms with E-state index in [9.17, 15) is 14.4 Å². The Balaban J connectivity index is 1.70. The molecule has 0 bridgehead atoms. The van der Waals surface area contributed by atoms with Crippen molar-refractivity contribution in [1.29, 1.82) is 0 Å². The van der Waals surface area contributed by atoms with Gasteiger partial charge in [0.15, 0.2) is 17.6 Å². The molecular weight excluding hydrogens is 396 g/mol. The highest BCUT2D eigenvalue weighted by molar-refractivity contribution is 6.02. The van der Waals surface area contributed by atoms with Crippen LogP contribution in [0.25, 0.3) is 21.7 Å². The predicted octanol–water partition coefficient (Wildman–Crippen LogP) is 3.35. The molecule has 0 aliphatic heterocycles. The van der Waals surface area contributed by atoms with Crippen molar-refractivity contribution in [3.05, 3.63) is 80.8 Å². The minimum atomic E-state index is -0.818. The topological polar surface area (TPSA) is 107 Å². The molecule has 0 spiro atoms. The number of carbonyl (C=O) groups is 1. The molecule has 31 heavy (non-hydrogen) atoms. The first kappa shape index (κ1) is 20.5. The maximum atomic E-state index is 13.0. The van der Waals surface area contributed by atoms with Gasteiger partial charge in [0.1, 0.15) is 0 Å². The smallest absolute Gasteiger partial charge is 0.360 e. The van der Waals surface area contributed by atoms with Crippen LogP contribution >= 0.6 is 0 Å². The van der Waals surface area contributed by atoms with Crippen molar-refractivity contribution in [1.82, 2.24) is 19.7 Å². The minimum Gasteiger partial charge on any atom is -0.450 e. The molecule has 8 nitrogen and oxygen atoms in total. The van der Waals surface area contributed by atoms with E-state index in [0.717, 1.165) is 12.8 Å². The summed E-state index contributed by atoms with van der Waals surface area (Å²) in [6.45, 7) is 4.05. The number of carbonyl (C=O) groups excluding carboxylic acids is 1. The second kappa shape index (κ2) is 8.51. The summed E-state index contributed by atoms with van der Waals surface area (Å²) in [5, 5.41) is 5.58. The number of rotatable bonds is 6. The quantitative estimate of drug-likeness (QED) is 0.481. The third-order valence-electron chi connectivity index (χ3n) is 5.08. The van der Waals surface area contributed by atoms with E-state index in [1.807, 2.05) is 6.92 Å². The van der Waals surface area contributed by atoms with Gasteiger partial charge in [-0.05, 0) is 31.5 Å². The van der Waals surface area contributed by atoms with Crippen LogP contribution in [0.15, 0.2) is 58.1 Å². The van der Waals surface area contributed by atoms with Crippen LogP contribution < -0.4 is 11.1 Å². The summed E-state index contributed by atoms with van der Waals surface area (Å²) < 4.78 is 6.89. The van der Waals surface area contributed by atoms with Gasteiger partial charge < -0.3 is 9.72 Å². The molecule has 0 fully saturated rings. The van der Waals surface area contributed by atoms with E-state index in [4.69, 9.17) is 4.74 Å². The lowest BCUT2D eigenvalue weighted by Gasteiger charge is -2.15. The standard InChI is InChI=1S/C23H22N4O4/c1-3-4-13-27-22(29)16-10-6-5-9-15(16)19(26-27)23(30)31-14(2)20-24-18-12-8-7-11-17(18)21(28)25-20/h5-12,14H,3-4,13H2,1-2H3,(H,24,25,28)/t14-/m1/s1. The first-order valence-corrected chi connectivity index (χ1v) is 10.2. The predicted molar refractivity (Wildman–Crippen MR) is 117 cm³/mol. The van der Waals surface area contributed by atoms with E-state index < -0.39 is 12.1 Å². The van der Waals surface area contributed by atoms with E-state index in [-0.39, 0.29) is 22.6 Å². The largest absolute Gasteiger partial charge is 0.450 e. The number of nitrogens with one attached hydrogen (secondary N) is 1. The van der Waals surface area contributed by atoms with E-state index >= 15 is 0 Å². The zero-order chi connectivity index (χ0) is 22.0. The number of nitrogens with zero attached hydrogens (tertiary/aromatic N) is 3. The summed E-state index contributed by atoms with van der Waals surface area (Å²) in [4.78, 5) is 45.1. The number of aryl methyl sites for hydroxylation is 1. The Bertz CT molecular complexity index is 1390. The summed E-state index contributed by atoms with van der Waals surface area (Å²) in [6.07, 6.45) is 0.832. The molecular formula is C23H22N4O4. The van der Waals surface area contributed by atoms with Crippen molar-refractivity contribution in [3.63, 3.8) is 0 Å². The maximum Gasteiger partial charge on any atom is 0.360 e. The maximum absolute atomic E-state index is 13.0. The molecule has 1 atom stereocenters. The minimum absolute atomic E-state index is 0.0567. The van der Waals surface area contributed by atoms with Crippen LogP contribution in [-0.2, 0) is 11.3 Å². The summed E-state index contributed by atoms with van der Waals surface area (Å²) >= 11 is 0. The van der Waals surface area contributed by atoms with Crippen LogP contribution in [0.3, 0.4) is 0 Å². The number of unbranched alkanes of at least 4 members (excludes halogenated alkanes) is 1. The number of aromatic nitrogens is 4. The van der Waals surface area contributed by atoms with Crippen molar-refractivity contribution in [2.24, 2.45) is 0 Å². The third-order valence-corrected chi connectivity index (χ3v) is 5.08. The van der Waals surface area contributed by atoms with E-state index in [2.05, 4.69) is 15.1 Å². The number of aromatic amines is 1. The van der Waals surface area contributed by atoms with Crippen molar-refractivity contribution in [3.8, 4) is 0 Å². The number of hydrogen-bond acceptors (Lipinski definition) is 6. The highest BCUT2D eigenvalue weighted by atomic mass is 16.5. The van der Waals surface area contributed by atoms with Crippen molar-refractivity contribution in [2.45, 2.75) is 39.3 Å². The Morgan fingerprint density at radius 1 is 1.06 bits per heavy atom. The molecule has 0 saturated heterocycles. The normalized spacial score (nSPS) is 12.2. The van der Waals surface area contributed by atoms with Crippen molar-refractivity contribution in [2.75, 3.05) is 0 Å². The van der Waals surface area contributed by atoms with Crippen LogP contribution in [0.4, 0.5) is 0 Å². The molecule has 2 heterocycles. The molecule has 4 aromatic rings. The number of esters is 1. The van der Waals surface area contributed by atoms with Gasteiger partial charge >= 0.3 is 5.97 Å². The Hall–Kier alpha value is -3.81. The fourth-order valence-corrected chi connectivity index (χ4v) is 3.41. The van der Waals surface area contributed by atoms with Crippen molar-refractivity contribution < 1.29 is 9.53 Å². The lowest BCUT2D eigenvalue weighted by Crippen LogP contribution is -2.27. The molecule has 0 aliphatic carbocycles. The lowest BCUT2D eigenvalue weighted by atomic mass is 10.1.